The zero-order valence-corrected chi connectivity index (χ0v) is 42.6. The van der Waals surface area contributed by atoms with Gasteiger partial charge in [-0.05, 0) is 70.8 Å². The summed E-state index contributed by atoms with van der Waals surface area (Å²) in [6, 6.07) is 0. The van der Waals surface area contributed by atoms with Gasteiger partial charge in [0.25, 0.3) is 0 Å². The highest BCUT2D eigenvalue weighted by atomic mass is 16.6. The molecule has 12 heteroatoms. The number of alkyl carbamates (subject to hydrolysis) is 1. The molecule has 0 aliphatic heterocycles. The van der Waals surface area contributed by atoms with Gasteiger partial charge < -0.3 is 34.3 Å². The van der Waals surface area contributed by atoms with E-state index in [0.717, 1.165) is 83.6 Å². The molecule has 0 fully saturated rings. The van der Waals surface area contributed by atoms with Gasteiger partial charge in [0, 0.05) is 38.8 Å². The highest BCUT2D eigenvalue weighted by Gasteiger charge is 2.20. The first-order valence-electron chi connectivity index (χ1n) is 27.0. The van der Waals surface area contributed by atoms with Crippen LogP contribution in [-0.2, 0) is 42.9 Å². The maximum Gasteiger partial charge on any atom is 0.407 e. The highest BCUT2D eigenvalue weighted by molar-refractivity contribution is 5.73. The van der Waals surface area contributed by atoms with Gasteiger partial charge in [0.15, 0.2) is 0 Å². The number of amides is 1. The van der Waals surface area contributed by atoms with E-state index >= 15 is 0 Å². The van der Waals surface area contributed by atoms with Crippen LogP contribution in [0, 0.1) is 5.92 Å². The largest absolute Gasteiger partial charge is 0.465 e. The molecule has 0 saturated heterocycles. The number of esters is 4. The average Bonchev–Trinajstić information content (AvgIpc) is 3.29. The SMILES string of the molecule is CCCCCCCCC(CCCCCCCC)OC(=O)CCCC(=O)OCC(COC(=O)CCCC(=O)OC(CCCCCCCC)CCCCCCCC)COC(=O)NCCNCC. The predicted octanol–water partition coefficient (Wildman–Crippen LogP) is 13.2. The van der Waals surface area contributed by atoms with Crippen molar-refractivity contribution in [1.29, 1.82) is 0 Å². The van der Waals surface area contributed by atoms with Gasteiger partial charge in [0.2, 0.25) is 0 Å². The first kappa shape index (κ1) is 62.1. The molecule has 0 unspecified atom stereocenters. The number of carbonyl (C=O) groups excluding carboxylic acids is 5. The first-order chi connectivity index (χ1) is 31.7. The standard InChI is InChI=1S/C53H100N2O10/c1-6-11-15-19-23-27-33-47(34-28-24-20-16-12-7-2)64-51(58)39-31-37-49(56)61-43-46(45-63-53(60)55-42-41-54-10-5)44-62-50(57)38-32-40-52(59)65-48(35-29-25-21-17-13-8-3)36-30-26-22-18-14-9-4/h46-48,54H,6-45H2,1-5H3,(H,55,60). The minimum Gasteiger partial charge on any atom is -0.465 e. The Morgan fingerprint density at radius 1 is 0.369 bits per heavy atom. The van der Waals surface area contributed by atoms with Gasteiger partial charge in [-0.25, -0.2) is 4.79 Å². The van der Waals surface area contributed by atoms with E-state index in [2.05, 4.69) is 38.3 Å². The van der Waals surface area contributed by atoms with Gasteiger partial charge in [-0.15, -0.1) is 0 Å². The van der Waals surface area contributed by atoms with Crippen molar-refractivity contribution < 1.29 is 47.7 Å². The highest BCUT2D eigenvalue weighted by Crippen LogP contribution is 2.20. The van der Waals surface area contributed by atoms with Crippen molar-refractivity contribution in [3.05, 3.63) is 0 Å². The zero-order valence-electron chi connectivity index (χ0n) is 42.6. The summed E-state index contributed by atoms with van der Waals surface area (Å²) in [5.41, 5.74) is 0. The van der Waals surface area contributed by atoms with Crippen LogP contribution in [-0.4, -0.2) is 81.6 Å². The number of likely N-dealkylation sites (N-methyl/N-ethyl adjacent to an activating group) is 1. The lowest BCUT2D eigenvalue weighted by molar-refractivity contribution is -0.151. The number of nitrogens with one attached hydrogen (secondary N) is 2. The molecule has 0 atom stereocenters. The molecule has 0 aliphatic carbocycles. The van der Waals surface area contributed by atoms with Gasteiger partial charge >= 0.3 is 30.0 Å². The van der Waals surface area contributed by atoms with Gasteiger partial charge in [-0.1, -0.05) is 163 Å². The van der Waals surface area contributed by atoms with Crippen LogP contribution in [0.3, 0.4) is 0 Å². The van der Waals surface area contributed by atoms with Crippen LogP contribution in [0.5, 0.6) is 0 Å². The number of rotatable bonds is 48. The van der Waals surface area contributed by atoms with Crippen LogP contribution in [0.25, 0.3) is 0 Å². The van der Waals surface area contributed by atoms with Crippen molar-refractivity contribution in [2.24, 2.45) is 5.92 Å². The minimum atomic E-state index is -0.625. The molecule has 0 bridgehead atoms. The van der Waals surface area contributed by atoms with Crippen molar-refractivity contribution in [3.63, 3.8) is 0 Å². The second-order valence-electron chi connectivity index (χ2n) is 18.3. The van der Waals surface area contributed by atoms with E-state index < -0.39 is 23.9 Å². The van der Waals surface area contributed by atoms with E-state index in [9.17, 15) is 24.0 Å². The third-order valence-electron chi connectivity index (χ3n) is 11.9. The van der Waals surface area contributed by atoms with E-state index in [1.54, 1.807) is 0 Å². The molecule has 0 heterocycles. The quantitative estimate of drug-likeness (QED) is 0.0340. The lowest BCUT2D eigenvalue weighted by Gasteiger charge is -2.19. The van der Waals surface area contributed by atoms with E-state index in [1.165, 1.54) is 103 Å². The summed E-state index contributed by atoms with van der Waals surface area (Å²) in [6.45, 7) is 12.2. The number of hydrogen-bond acceptors (Lipinski definition) is 11. The van der Waals surface area contributed by atoms with Crippen molar-refractivity contribution >= 4 is 30.0 Å². The third-order valence-corrected chi connectivity index (χ3v) is 11.9. The second-order valence-corrected chi connectivity index (χ2v) is 18.3. The van der Waals surface area contributed by atoms with Crippen LogP contribution in [0.15, 0.2) is 0 Å². The monoisotopic (exact) mass is 925 g/mol. The van der Waals surface area contributed by atoms with E-state index in [-0.39, 0.29) is 69.7 Å². The molecule has 0 spiro atoms. The molecular weight excluding hydrogens is 825 g/mol. The van der Waals surface area contributed by atoms with Crippen LogP contribution in [0.2, 0.25) is 0 Å². The van der Waals surface area contributed by atoms with Gasteiger partial charge in [0.1, 0.15) is 32.0 Å². The smallest absolute Gasteiger partial charge is 0.407 e. The van der Waals surface area contributed by atoms with E-state index in [1.807, 2.05) is 6.92 Å². The van der Waals surface area contributed by atoms with Crippen LogP contribution in [0.1, 0.15) is 253 Å². The topological polar surface area (TPSA) is 156 Å². The first-order valence-corrected chi connectivity index (χ1v) is 27.0. The Hall–Kier alpha value is -2.89. The third kappa shape index (κ3) is 43.4. The summed E-state index contributed by atoms with van der Waals surface area (Å²) in [6.07, 6.45) is 32.2. The summed E-state index contributed by atoms with van der Waals surface area (Å²) < 4.78 is 28.3. The normalized spacial score (nSPS) is 11.3. The molecule has 0 rings (SSSR count). The number of carbonyl (C=O) groups is 5. The van der Waals surface area contributed by atoms with Crippen LogP contribution in [0.4, 0.5) is 4.79 Å². The molecule has 0 saturated carbocycles. The molecule has 0 aromatic heterocycles. The Bertz CT molecular complexity index is 1030. The molecule has 12 nitrogen and oxygen atoms in total. The molecule has 2 N–H and O–H groups in total. The summed E-state index contributed by atoms with van der Waals surface area (Å²) in [5.74, 6) is -2.17. The lowest BCUT2D eigenvalue weighted by atomic mass is 10.0. The van der Waals surface area contributed by atoms with Crippen LogP contribution < -0.4 is 10.6 Å². The van der Waals surface area contributed by atoms with Gasteiger partial charge in [-0.2, -0.15) is 0 Å². The minimum absolute atomic E-state index is 0.0295. The molecule has 0 radical (unpaired) electrons. The fourth-order valence-corrected chi connectivity index (χ4v) is 7.76. The fraction of sp³-hybridized carbons (Fsp3) is 0.906. The van der Waals surface area contributed by atoms with Crippen LogP contribution >= 0.6 is 0 Å². The second kappa shape index (κ2) is 47.6. The summed E-state index contributed by atoms with van der Waals surface area (Å²) in [4.78, 5) is 63.6. The summed E-state index contributed by atoms with van der Waals surface area (Å²) in [7, 11) is 0. The maximum absolute atomic E-state index is 12.9. The van der Waals surface area contributed by atoms with E-state index in [4.69, 9.17) is 23.7 Å². The molecule has 0 aromatic carbocycles. The number of hydrogen-bond donors (Lipinski definition) is 2. The Morgan fingerprint density at radius 2 is 0.692 bits per heavy atom. The zero-order chi connectivity index (χ0) is 47.9. The molecule has 0 aliphatic rings. The average molecular weight is 925 g/mol. The van der Waals surface area contributed by atoms with Crippen molar-refractivity contribution in [2.75, 3.05) is 39.5 Å². The Balaban J connectivity index is 5.01. The maximum atomic E-state index is 12.9. The van der Waals surface area contributed by atoms with Crippen molar-refractivity contribution in [1.82, 2.24) is 10.6 Å². The molecular formula is C53H100N2O10. The Labute approximate surface area is 397 Å². The van der Waals surface area contributed by atoms with Crippen molar-refractivity contribution in [2.45, 2.75) is 265 Å². The summed E-state index contributed by atoms with van der Waals surface area (Å²) in [5, 5.41) is 5.78. The molecule has 382 valence electrons. The van der Waals surface area contributed by atoms with Gasteiger partial charge in [-0.3, -0.25) is 19.2 Å². The van der Waals surface area contributed by atoms with E-state index in [0.29, 0.717) is 25.9 Å². The summed E-state index contributed by atoms with van der Waals surface area (Å²) >= 11 is 0. The Morgan fingerprint density at radius 3 is 1.05 bits per heavy atom. The molecule has 0 aromatic rings. The molecule has 1 amide bonds. The lowest BCUT2D eigenvalue weighted by Crippen LogP contribution is -2.34. The fourth-order valence-electron chi connectivity index (χ4n) is 7.76. The van der Waals surface area contributed by atoms with Crippen molar-refractivity contribution in [3.8, 4) is 0 Å². The molecule has 65 heavy (non-hydrogen) atoms. The predicted molar refractivity (Wildman–Crippen MR) is 263 cm³/mol. The number of unbranched alkanes of at least 4 members (excludes halogenated alkanes) is 20. The number of ether oxygens (including phenoxy) is 5. The Kier molecular flexibility index (Phi) is 45.5. The van der Waals surface area contributed by atoms with Gasteiger partial charge in [0.05, 0.1) is 5.92 Å².